The van der Waals surface area contributed by atoms with E-state index in [0.717, 1.165) is 0 Å². The Morgan fingerprint density at radius 1 is 1.45 bits per heavy atom. The van der Waals surface area contributed by atoms with Gasteiger partial charge in [0.05, 0.1) is 11.5 Å². The second kappa shape index (κ2) is 5.78. The minimum atomic E-state index is -3.05. The maximum Gasteiger partial charge on any atom is 0.261 e. The van der Waals surface area contributed by atoms with Crippen molar-refractivity contribution in [2.45, 2.75) is 25.5 Å². The van der Waals surface area contributed by atoms with Crippen LogP contribution in [-0.4, -0.2) is 38.0 Å². The van der Waals surface area contributed by atoms with Crippen LogP contribution >= 0.6 is 0 Å². The molecule has 110 valence electrons. The van der Waals surface area contributed by atoms with E-state index in [1.165, 1.54) is 25.1 Å². The molecule has 1 aliphatic heterocycles. The summed E-state index contributed by atoms with van der Waals surface area (Å²) in [5.41, 5.74) is 0. The predicted octanol–water partition coefficient (Wildman–Crippen LogP) is 0.896. The van der Waals surface area contributed by atoms with Gasteiger partial charge in [0.1, 0.15) is 0 Å². The minimum Gasteiger partial charge on any atom is -0.478 e. The third-order valence-corrected chi connectivity index (χ3v) is 4.86. The fourth-order valence-corrected chi connectivity index (χ4v) is 3.69. The molecular formula is C13H16FNO4S. The van der Waals surface area contributed by atoms with Gasteiger partial charge in [0, 0.05) is 6.04 Å². The Morgan fingerprint density at radius 3 is 2.75 bits per heavy atom. The fourth-order valence-electron chi connectivity index (χ4n) is 2.01. The van der Waals surface area contributed by atoms with E-state index in [1.807, 2.05) is 0 Å². The average molecular weight is 301 g/mol. The molecule has 1 amide bonds. The van der Waals surface area contributed by atoms with Crippen molar-refractivity contribution in [3.05, 3.63) is 30.1 Å². The predicted molar refractivity (Wildman–Crippen MR) is 71.7 cm³/mol. The minimum absolute atomic E-state index is 0.00538. The highest BCUT2D eigenvalue weighted by molar-refractivity contribution is 7.91. The van der Waals surface area contributed by atoms with Crippen LogP contribution in [0.4, 0.5) is 4.39 Å². The summed E-state index contributed by atoms with van der Waals surface area (Å²) in [6, 6.07) is 5.41. The van der Waals surface area contributed by atoms with Crippen molar-refractivity contribution in [1.29, 1.82) is 0 Å². The molecule has 1 heterocycles. The Balaban J connectivity index is 1.91. The van der Waals surface area contributed by atoms with E-state index in [-0.39, 0.29) is 23.3 Å². The standard InChI is InChI=1S/C13H16FNO4S/c1-9(19-12-5-3-2-4-11(12)14)13(16)15-10-6-7-20(17,18)8-10/h2-5,9-10H,6-8H2,1H3,(H,15,16)/t9-,10+/m1/s1. The quantitative estimate of drug-likeness (QED) is 0.896. The van der Waals surface area contributed by atoms with E-state index >= 15 is 0 Å². The Morgan fingerprint density at radius 2 is 2.15 bits per heavy atom. The molecule has 0 saturated carbocycles. The van der Waals surface area contributed by atoms with Crippen molar-refractivity contribution in [2.75, 3.05) is 11.5 Å². The zero-order valence-corrected chi connectivity index (χ0v) is 11.8. The van der Waals surface area contributed by atoms with Crippen LogP contribution in [0.25, 0.3) is 0 Å². The molecule has 1 saturated heterocycles. The maximum atomic E-state index is 13.4. The molecule has 5 nitrogen and oxygen atoms in total. The van der Waals surface area contributed by atoms with Gasteiger partial charge < -0.3 is 10.1 Å². The van der Waals surface area contributed by atoms with Crippen molar-refractivity contribution < 1.29 is 22.3 Å². The van der Waals surface area contributed by atoms with Crippen LogP contribution in [0.5, 0.6) is 5.75 Å². The molecule has 1 fully saturated rings. The number of sulfone groups is 1. The highest BCUT2D eigenvalue weighted by Crippen LogP contribution is 2.17. The molecule has 1 aromatic rings. The molecule has 0 radical (unpaired) electrons. The number of carbonyl (C=O) groups excluding carboxylic acids is 1. The summed E-state index contributed by atoms with van der Waals surface area (Å²) >= 11 is 0. The number of ether oxygens (including phenoxy) is 1. The number of para-hydroxylation sites is 1. The van der Waals surface area contributed by atoms with E-state index in [9.17, 15) is 17.6 Å². The van der Waals surface area contributed by atoms with Crippen molar-refractivity contribution in [3.8, 4) is 5.75 Å². The van der Waals surface area contributed by atoms with Crippen LogP contribution in [0.15, 0.2) is 24.3 Å². The summed E-state index contributed by atoms with van der Waals surface area (Å²) in [6.45, 7) is 1.49. The summed E-state index contributed by atoms with van der Waals surface area (Å²) in [4.78, 5) is 11.9. The van der Waals surface area contributed by atoms with E-state index in [2.05, 4.69) is 5.32 Å². The van der Waals surface area contributed by atoms with Crippen molar-refractivity contribution in [1.82, 2.24) is 5.32 Å². The molecule has 0 bridgehead atoms. The van der Waals surface area contributed by atoms with Gasteiger partial charge in [-0.05, 0) is 25.5 Å². The third-order valence-electron chi connectivity index (χ3n) is 3.09. The van der Waals surface area contributed by atoms with E-state index in [1.54, 1.807) is 6.07 Å². The first-order valence-electron chi connectivity index (χ1n) is 6.29. The summed E-state index contributed by atoms with van der Waals surface area (Å²) in [7, 11) is -3.05. The van der Waals surface area contributed by atoms with Gasteiger partial charge in [-0.15, -0.1) is 0 Å². The number of rotatable bonds is 4. The molecule has 2 rings (SSSR count). The molecule has 0 aliphatic carbocycles. The first-order chi connectivity index (χ1) is 9.37. The number of hydrogen-bond donors (Lipinski definition) is 1. The van der Waals surface area contributed by atoms with E-state index in [0.29, 0.717) is 6.42 Å². The fraction of sp³-hybridized carbons (Fsp3) is 0.462. The van der Waals surface area contributed by atoms with Crippen molar-refractivity contribution in [2.24, 2.45) is 0 Å². The van der Waals surface area contributed by atoms with Gasteiger partial charge in [0.25, 0.3) is 5.91 Å². The molecule has 2 atom stereocenters. The first-order valence-corrected chi connectivity index (χ1v) is 8.11. The summed E-state index contributed by atoms with van der Waals surface area (Å²) in [5, 5.41) is 2.61. The van der Waals surface area contributed by atoms with Gasteiger partial charge >= 0.3 is 0 Å². The number of carbonyl (C=O) groups is 1. The largest absolute Gasteiger partial charge is 0.478 e. The van der Waals surface area contributed by atoms with Crippen molar-refractivity contribution >= 4 is 15.7 Å². The lowest BCUT2D eigenvalue weighted by atomic mass is 10.2. The second-order valence-corrected chi connectivity index (χ2v) is 7.03. The van der Waals surface area contributed by atoms with Gasteiger partial charge in [-0.25, -0.2) is 12.8 Å². The van der Waals surface area contributed by atoms with Gasteiger partial charge in [0.15, 0.2) is 27.5 Å². The lowest BCUT2D eigenvalue weighted by molar-refractivity contribution is -0.127. The van der Waals surface area contributed by atoms with Gasteiger partial charge in [-0.1, -0.05) is 12.1 Å². The number of halogens is 1. The van der Waals surface area contributed by atoms with Crippen LogP contribution < -0.4 is 10.1 Å². The monoisotopic (exact) mass is 301 g/mol. The van der Waals surface area contributed by atoms with E-state index < -0.39 is 27.7 Å². The SMILES string of the molecule is C[C@@H](Oc1ccccc1F)C(=O)N[C@H]1CCS(=O)(=O)C1. The van der Waals surface area contributed by atoms with Crippen LogP contribution in [0.1, 0.15) is 13.3 Å². The molecule has 0 spiro atoms. The molecule has 1 aromatic carbocycles. The Hall–Kier alpha value is -1.63. The maximum absolute atomic E-state index is 13.4. The van der Waals surface area contributed by atoms with Gasteiger partial charge in [0.2, 0.25) is 0 Å². The zero-order chi connectivity index (χ0) is 14.8. The molecule has 1 N–H and O–H groups in total. The molecule has 7 heteroatoms. The molecule has 20 heavy (non-hydrogen) atoms. The third kappa shape index (κ3) is 3.69. The molecule has 0 aromatic heterocycles. The molecule has 1 aliphatic rings. The van der Waals surface area contributed by atoms with Crippen LogP contribution in [-0.2, 0) is 14.6 Å². The average Bonchev–Trinajstić information content (AvgIpc) is 2.71. The Labute approximate surface area is 117 Å². The van der Waals surface area contributed by atoms with Crippen LogP contribution in [0, 0.1) is 5.82 Å². The summed E-state index contributed by atoms with van der Waals surface area (Å²) < 4.78 is 41.2. The number of hydrogen-bond acceptors (Lipinski definition) is 4. The topological polar surface area (TPSA) is 72.5 Å². The number of amides is 1. The lowest BCUT2D eigenvalue weighted by Gasteiger charge is -2.17. The summed E-state index contributed by atoms with van der Waals surface area (Å²) in [5.74, 6) is -0.966. The number of benzene rings is 1. The highest BCUT2D eigenvalue weighted by atomic mass is 32.2. The smallest absolute Gasteiger partial charge is 0.261 e. The number of nitrogens with one attached hydrogen (secondary N) is 1. The van der Waals surface area contributed by atoms with E-state index in [4.69, 9.17) is 4.74 Å². The summed E-state index contributed by atoms with van der Waals surface area (Å²) in [6.07, 6.45) is -0.490. The van der Waals surface area contributed by atoms with Gasteiger partial charge in [-0.3, -0.25) is 4.79 Å². The first kappa shape index (κ1) is 14.8. The Kier molecular flexibility index (Phi) is 4.27. The van der Waals surface area contributed by atoms with Crippen LogP contribution in [0.2, 0.25) is 0 Å². The normalized spacial score (nSPS) is 22.2. The highest BCUT2D eigenvalue weighted by Gasteiger charge is 2.30. The second-order valence-electron chi connectivity index (χ2n) is 4.80. The van der Waals surface area contributed by atoms with Crippen molar-refractivity contribution in [3.63, 3.8) is 0 Å². The van der Waals surface area contributed by atoms with Gasteiger partial charge in [-0.2, -0.15) is 0 Å². The Bertz CT molecular complexity index is 602. The molecular weight excluding hydrogens is 285 g/mol. The molecule has 0 unspecified atom stereocenters. The van der Waals surface area contributed by atoms with Crippen LogP contribution in [0.3, 0.4) is 0 Å². The lowest BCUT2D eigenvalue weighted by Crippen LogP contribution is -2.43. The zero-order valence-electron chi connectivity index (χ0n) is 11.0.